The lowest BCUT2D eigenvalue weighted by molar-refractivity contribution is -0.142. The molecule has 0 aliphatic carbocycles. The number of aliphatic carboxylic acids is 1. The normalized spacial score (nSPS) is 14.1. The minimum Gasteiger partial charge on any atom is -0.480 e. The van der Waals surface area contributed by atoms with Gasteiger partial charge in [0.2, 0.25) is 23.6 Å². The number of rotatable bonds is 14. The van der Waals surface area contributed by atoms with Gasteiger partial charge in [0.25, 0.3) is 0 Å². The highest BCUT2D eigenvalue weighted by molar-refractivity contribution is 5.94. The topological polar surface area (TPSA) is 238 Å². The Morgan fingerprint density at radius 1 is 0.949 bits per heavy atom. The molecule has 39 heavy (non-hydrogen) atoms. The van der Waals surface area contributed by atoms with Gasteiger partial charge in [-0.05, 0) is 25.0 Å². The summed E-state index contributed by atoms with van der Waals surface area (Å²) in [5.74, 6) is -4.16. The molecule has 4 atom stereocenters. The largest absolute Gasteiger partial charge is 0.480 e. The van der Waals surface area contributed by atoms with Crippen molar-refractivity contribution in [2.45, 2.75) is 56.8 Å². The van der Waals surface area contributed by atoms with Crippen LogP contribution in [0.5, 0.6) is 0 Å². The van der Waals surface area contributed by atoms with Crippen LogP contribution in [0.25, 0.3) is 10.9 Å². The van der Waals surface area contributed by atoms with Gasteiger partial charge in [-0.15, -0.1) is 0 Å². The second kappa shape index (κ2) is 13.2. The summed E-state index contributed by atoms with van der Waals surface area (Å²) in [6, 6.07) is 2.62. The molecule has 0 saturated heterocycles. The lowest BCUT2D eigenvalue weighted by Gasteiger charge is -2.24. The molecule has 0 aliphatic rings. The highest BCUT2D eigenvalue weighted by Crippen LogP contribution is 2.19. The molecule has 3 rings (SSSR count). The molecular formula is C25H32N8O6. The van der Waals surface area contributed by atoms with E-state index in [9.17, 15) is 29.1 Å². The van der Waals surface area contributed by atoms with Crippen LogP contribution in [0.2, 0.25) is 0 Å². The lowest BCUT2D eigenvalue weighted by Crippen LogP contribution is -2.57. The molecule has 2 heterocycles. The number of primary amides is 1. The van der Waals surface area contributed by atoms with Gasteiger partial charge in [-0.25, -0.2) is 9.78 Å². The fourth-order valence-corrected chi connectivity index (χ4v) is 3.95. The van der Waals surface area contributed by atoms with Crippen molar-refractivity contribution >= 4 is 40.5 Å². The quantitative estimate of drug-likeness (QED) is 0.124. The first-order chi connectivity index (χ1) is 18.5. The fraction of sp³-hybridized carbons (Fsp3) is 0.360. The van der Waals surface area contributed by atoms with Crippen molar-refractivity contribution in [3.8, 4) is 0 Å². The van der Waals surface area contributed by atoms with E-state index in [0.717, 1.165) is 10.9 Å². The number of carbonyl (C=O) groups excluding carboxylic acids is 4. The number of carbonyl (C=O) groups is 5. The van der Waals surface area contributed by atoms with Crippen molar-refractivity contribution in [3.05, 3.63) is 54.2 Å². The van der Waals surface area contributed by atoms with E-state index in [-0.39, 0.29) is 25.7 Å². The Kier molecular flexibility index (Phi) is 9.75. The maximum Gasteiger partial charge on any atom is 0.326 e. The number of carboxylic acid groups (broad SMARTS) is 1. The smallest absolute Gasteiger partial charge is 0.326 e. The highest BCUT2D eigenvalue weighted by Gasteiger charge is 2.31. The zero-order chi connectivity index (χ0) is 28.5. The summed E-state index contributed by atoms with van der Waals surface area (Å²) >= 11 is 0. The number of amides is 4. The van der Waals surface area contributed by atoms with Gasteiger partial charge in [0.15, 0.2) is 0 Å². The van der Waals surface area contributed by atoms with Crippen molar-refractivity contribution < 1.29 is 29.1 Å². The number of nitrogens with zero attached hydrogens (tertiary/aromatic N) is 1. The van der Waals surface area contributed by atoms with Crippen LogP contribution in [0.3, 0.4) is 0 Å². The minimum atomic E-state index is -1.33. The molecule has 14 nitrogen and oxygen atoms in total. The third-order valence-electron chi connectivity index (χ3n) is 6.05. The monoisotopic (exact) mass is 540 g/mol. The summed E-state index contributed by atoms with van der Waals surface area (Å²) in [6.45, 7) is 1.45. The Morgan fingerprint density at radius 2 is 1.62 bits per heavy atom. The van der Waals surface area contributed by atoms with E-state index in [1.165, 1.54) is 19.4 Å². The molecule has 0 saturated carbocycles. The first-order valence-electron chi connectivity index (χ1n) is 12.2. The average molecular weight is 541 g/mol. The first kappa shape index (κ1) is 28.8. The van der Waals surface area contributed by atoms with Crippen LogP contribution in [-0.2, 0) is 36.8 Å². The van der Waals surface area contributed by atoms with Gasteiger partial charge >= 0.3 is 5.97 Å². The van der Waals surface area contributed by atoms with Crippen LogP contribution in [0, 0.1) is 0 Å². The van der Waals surface area contributed by atoms with Crippen LogP contribution >= 0.6 is 0 Å². The number of nitrogens with two attached hydrogens (primary N) is 2. The van der Waals surface area contributed by atoms with Gasteiger partial charge in [0.1, 0.15) is 18.1 Å². The third-order valence-corrected chi connectivity index (χ3v) is 6.05. The lowest BCUT2D eigenvalue weighted by atomic mass is 10.0. The number of aromatic amines is 2. The van der Waals surface area contributed by atoms with Crippen LogP contribution in [0.1, 0.15) is 31.0 Å². The summed E-state index contributed by atoms with van der Waals surface area (Å²) < 4.78 is 0. The molecule has 4 amide bonds. The van der Waals surface area contributed by atoms with Gasteiger partial charge in [0.05, 0.1) is 12.4 Å². The molecule has 2 aromatic heterocycles. The Morgan fingerprint density at radius 3 is 2.26 bits per heavy atom. The highest BCUT2D eigenvalue weighted by atomic mass is 16.4. The SMILES string of the molecule is CC(N)C(=O)NC(Cc1cnc[nH]1)C(=O)NC(CCC(N)=O)C(=O)NC(Cc1c[nH]c2ccccc12)C(=O)O. The number of H-pyrrole nitrogens is 2. The molecule has 0 radical (unpaired) electrons. The molecule has 10 N–H and O–H groups in total. The Labute approximate surface area is 223 Å². The van der Waals surface area contributed by atoms with Gasteiger partial charge < -0.3 is 42.5 Å². The summed E-state index contributed by atoms with van der Waals surface area (Å²) in [6.07, 6.45) is 4.07. The van der Waals surface area contributed by atoms with E-state index in [1.807, 2.05) is 24.3 Å². The van der Waals surface area contributed by atoms with Gasteiger partial charge in [0, 0.05) is 48.3 Å². The Hall–Kier alpha value is -4.72. The molecule has 0 bridgehead atoms. The predicted octanol–water partition coefficient (Wildman–Crippen LogP) is -1.17. The van der Waals surface area contributed by atoms with Crippen molar-refractivity contribution in [2.24, 2.45) is 11.5 Å². The van der Waals surface area contributed by atoms with Crippen LogP contribution in [0.4, 0.5) is 0 Å². The first-order valence-corrected chi connectivity index (χ1v) is 12.2. The van der Waals surface area contributed by atoms with E-state index >= 15 is 0 Å². The van der Waals surface area contributed by atoms with E-state index in [1.54, 1.807) is 6.20 Å². The summed E-state index contributed by atoms with van der Waals surface area (Å²) in [4.78, 5) is 71.9. The van der Waals surface area contributed by atoms with Crippen molar-refractivity contribution in [1.82, 2.24) is 30.9 Å². The number of benzene rings is 1. The standard InChI is InChI=1S/C25H32N8O6/c1-13(26)22(35)32-19(9-15-11-28-12-30-15)24(37)31-18(6-7-21(27)34)23(36)33-20(25(38)39)8-14-10-29-17-5-3-2-4-16(14)17/h2-5,10-13,18-20,29H,6-9,26H2,1H3,(H2,27,34)(H,28,30)(H,31,37)(H,32,35)(H,33,36)(H,38,39). The molecule has 3 aromatic rings. The maximum absolute atomic E-state index is 13.2. The molecular weight excluding hydrogens is 508 g/mol. The number of hydrogen-bond acceptors (Lipinski definition) is 7. The molecule has 1 aromatic carbocycles. The molecule has 0 fully saturated rings. The second-order valence-corrected chi connectivity index (χ2v) is 9.16. The zero-order valence-corrected chi connectivity index (χ0v) is 21.3. The second-order valence-electron chi connectivity index (χ2n) is 9.16. The van der Waals surface area contributed by atoms with Crippen molar-refractivity contribution in [1.29, 1.82) is 0 Å². The maximum atomic E-state index is 13.2. The average Bonchev–Trinajstić information content (AvgIpc) is 3.55. The van der Waals surface area contributed by atoms with Gasteiger partial charge in [-0.3, -0.25) is 19.2 Å². The molecule has 14 heteroatoms. The van der Waals surface area contributed by atoms with Crippen molar-refractivity contribution in [3.63, 3.8) is 0 Å². The summed E-state index contributed by atoms with van der Waals surface area (Å²) in [7, 11) is 0. The van der Waals surface area contributed by atoms with Gasteiger partial charge in [-0.2, -0.15) is 0 Å². The number of carboxylic acids is 1. The number of fused-ring (bicyclic) bond motifs is 1. The van der Waals surface area contributed by atoms with E-state index in [2.05, 4.69) is 30.9 Å². The number of hydrogen-bond donors (Lipinski definition) is 8. The predicted molar refractivity (Wildman–Crippen MR) is 140 cm³/mol. The van der Waals surface area contributed by atoms with E-state index in [0.29, 0.717) is 11.3 Å². The van der Waals surface area contributed by atoms with Crippen LogP contribution in [0.15, 0.2) is 43.0 Å². The Balaban J connectivity index is 1.77. The zero-order valence-electron chi connectivity index (χ0n) is 21.3. The number of nitrogens with one attached hydrogen (secondary N) is 5. The number of aromatic nitrogens is 3. The number of para-hydroxylation sites is 1. The third kappa shape index (κ3) is 8.13. The summed E-state index contributed by atoms with van der Waals surface area (Å²) in [5, 5.41) is 18.1. The fourth-order valence-electron chi connectivity index (χ4n) is 3.95. The minimum absolute atomic E-state index is 0.00671. The Bertz CT molecular complexity index is 1320. The number of imidazole rings is 1. The summed E-state index contributed by atoms with van der Waals surface area (Å²) in [5.41, 5.74) is 12.9. The van der Waals surface area contributed by atoms with Crippen molar-refractivity contribution in [2.75, 3.05) is 0 Å². The molecule has 0 spiro atoms. The molecule has 208 valence electrons. The molecule has 4 unspecified atom stereocenters. The molecule has 0 aliphatic heterocycles. The van der Waals surface area contributed by atoms with E-state index in [4.69, 9.17) is 11.5 Å². The van der Waals surface area contributed by atoms with Crippen LogP contribution < -0.4 is 27.4 Å². The van der Waals surface area contributed by atoms with Crippen LogP contribution in [-0.4, -0.2) is 73.8 Å². The van der Waals surface area contributed by atoms with E-state index < -0.39 is 53.8 Å². The van der Waals surface area contributed by atoms with Gasteiger partial charge in [-0.1, -0.05) is 18.2 Å².